The summed E-state index contributed by atoms with van der Waals surface area (Å²) in [5.41, 5.74) is 3.28. The van der Waals surface area contributed by atoms with E-state index in [9.17, 15) is 14.4 Å². The van der Waals surface area contributed by atoms with Crippen molar-refractivity contribution in [2.75, 3.05) is 13.7 Å². The molecule has 1 N–H and O–H groups in total. The van der Waals surface area contributed by atoms with Crippen molar-refractivity contribution in [2.24, 2.45) is 0 Å². The molecule has 2 heterocycles. The Hall–Kier alpha value is -4.39. The van der Waals surface area contributed by atoms with Crippen LogP contribution < -0.4 is 10.7 Å². The Morgan fingerprint density at radius 2 is 1.67 bits per heavy atom. The molecular formula is C29H27NO6. The van der Waals surface area contributed by atoms with Gasteiger partial charge in [-0.2, -0.15) is 0 Å². The van der Waals surface area contributed by atoms with Gasteiger partial charge in [0.2, 0.25) is 0 Å². The lowest BCUT2D eigenvalue weighted by atomic mass is 9.79. The molecule has 0 bridgehead atoms. The highest BCUT2D eigenvalue weighted by molar-refractivity contribution is 6.01. The molecule has 7 nitrogen and oxygen atoms in total. The molecule has 1 unspecified atom stereocenters. The molecule has 1 aliphatic heterocycles. The Morgan fingerprint density at radius 3 is 2.31 bits per heavy atom. The van der Waals surface area contributed by atoms with Gasteiger partial charge in [-0.1, -0.05) is 55.1 Å². The van der Waals surface area contributed by atoms with Crippen LogP contribution in [0.5, 0.6) is 0 Å². The van der Waals surface area contributed by atoms with Gasteiger partial charge in [0.05, 0.1) is 29.6 Å². The van der Waals surface area contributed by atoms with Crippen molar-refractivity contribution < 1.29 is 23.5 Å². The number of allylic oxidation sites excluding steroid dienone is 2. The number of benzene rings is 2. The van der Waals surface area contributed by atoms with Crippen LogP contribution in [0.25, 0.3) is 22.3 Å². The second kappa shape index (κ2) is 10.1. The van der Waals surface area contributed by atoms with Crippen LogP contribution in [0.1, 0.15) is 30.9 Å². The minimum absolute atomic E-state index is 0.000553. The molecule has 0 saturated heterocycles. The summed E-state index contributed by atoms with van der Waals surface area (Å²) in [5, 5.41) is 3.45. The fourth-order valence-corrected chi connectivity index (χ4v) is 4.59. The summed E-state index contributed by atoms with van der Waals surface area (Å²) in [6, 6.07) is 14.4. The maximum atomic E-state index is 13.4. The van der Waals surface area contributed by atoms with Gasteiger partial charge >= 0.3 is 11.9 Å². The number of dihydropyridines is 1. The van der Waals surface area contributed by atoms with Crippen molar-refractivity contribution in [2.45, 2.75) is 26.7 Å². The molecule has 3 aromatic rings. The third-order valence-electron chi connectivity index (χ3n) is 6.24. The van der Waals surface area contributed by atoms with E-state index in [4.69, 9.17) is 13.9 Å². The van der Waals surface area contributed by atoms with Crippen molar-refractivity contribution in [3.05, 3.63) is 105 Å². The zero-order valence-electron chi connectivity index (χ0n) is 20.6. The monoisotopic (exact) mass is 485 g/mol. The van der Waals surface area contributed by atoms with Crippen LogP contribution in [0.3, 0.4) is 0 Å². The van der Waals surface area contributed by atoms with Crippen LogP contribution in [0.15, 0.2) is 92.9 Å². The number of methoxy groups -OCH3 is 1. The number of carbonyl (C=O) groups excluding carboxylic acids is 2. The van der Waals surface area contributed by atoms with Gasteiger partial charge < -0.3 is 19.2 Å². The maximum absolute atomic E-state index is 13.4. The number of esters is 2. The maximum Gasteiger partial charge on any atom is 0.337 e. The highest BCUT2D eigenvalue weighted by Gasteiger charge is 2.39. The summed E-state index contributed by atoms with van der Waals surface area (Å²) in [5.74, 6) is -1.70. The highest BCUT2D eigenvalue weighted by Crippen LogP contribution is 2.42. The number of hydrogen-bond acceptors (Lipinski definition) is 7. The minimum atomic E-state index is -0.894. The van der Waals surface area contributed by atoms with Crippen LogP contribution in [0.4, 0.5) is 0 Å². The van der Waals surface area contributed by atoms with E-state index in [0.29, 0.717) is 33.7 Å². The van der Waals surface area contributed by atoms with Crippen LogP contribution in [0, 0.1) is 6.92 Å². The van der Waals surface area contributed by atoms with Crippen LogP contribution in [0.2, 0.25) is 0 Å². The summed E-state index contributed by atoms with van der Waals surface area (Å²) >= 11 is 0. The number of hydrogen-bond donors (Lipinski definition) is 1. The van der Waals surface area contributed by atoms with E-state index in [-0.39, 0.29) is 28.8 Å². The topological polar surface area (TPSA) is 94.8 Å². The van der Waals surface area contributed by atoms with E-state index >= 15 is 0 Å². The van der Waals surface area contributed by atoms with Gasteiger partial charge in [0.15, 0.2) is 5.43 Å². The van der Waals surface area contributed by atoms with Gasteiger partial charge in [-0.15, -0.1) is 0 Å². The Kier molecular flexibility index (Phi) is 6.92. The zero-order valence-corrected chi connectivity index (χ0v) is 20.6. The van der Waals surface area contributed by atoms with E-state index in [2.05, 4.69) is 11.9 Å². The zero-order chi connectivity index (χ0) is 26.0. The molecule has 0 amide bonds. The molecule has 0 saturated carbocycles. The molecule has 36 heavy (non-hydrogen) atoms. The molecule has 1 aromatic heterocycles. The Morgan fingerprint density at radius 1 is 1.00 bits per heavy atom. The van der Waals surface area contributed by atoms with E-state index in [1.807, 2.05) is 30.3 Å². The minimum Gasteiger partial charge on any atom is -0.466 e. The van der Waals surface area contributed by atoms with Gasteiger partial charge in [-0.3, -0.25) is 4.79 Å². The summed E-state index contributed by atoms with van der Waals surface area (Å²) in [6.07, 6.45) is 1.47. The second-order valence-corrected chi connectivity index (χ2v) is 8.49. The smallest absolute Gasteiger partial charge is 0.337 e. The number of ether oxygens (including phenoxy) is 2. The predicted molar refractivity (Wildman–Crippen MR) is 137 cm³/mol. The lowest BCUT2D eigenvalue weighted by Crippen LogP contribution is -2.32. The molecule has 2 aromatic carbocycles. The molecule has 1 atom stereocenters. The van der Waals surface area contributed by atoms with Crippen molar-refractivity contribution in [1.82, 2.24) is 5.32 Å². The largest absolute Gasteiger partial charge is 0.466 e. The Labute approximate surface area is 208 Å². The number of carbonyl (C=O) groups is 2. The first kappa shape index (κ1) is 24.7. The van der Waals surface area contributed by atoms with Gasteiger partial charge in [-0.25, -0.2) is 9.59 Å². The van der Waals surface area contributed by atoms with Gasteiger partial charge in [-0.05, 0) is 26.8 Å². The predicted octanol–water partition coefficient (Wildman–Crippen LogP) is 4.91. The van der Waals surface area contributed by atoms with Crippen molar-refractivity contribution in [3.63, 3.8) is 0 Å². The molecule has 0 fully saturated rings. The third-order valence-corrected chi connectivity index (χ3v) is 6.24. The van der Waals surface area contributed by atoms with Crippen LogP contribution >= 0.6 is 0 Å². The third kappa shape index (κ3) is 4.24. The SMILES string of the molecule is C=CCOC(=O)C1=C(C)NC(C)=C(C(=O)OC)C1c1cccc2c(=O)c(C)c(-c3ccccc3)oc12. The van der Waals surface area contributed by atoms with Gasteiger partial charge in [0, 0.05) is 28.1 Å². The number of rotatable bonds is 6. The van der Waals surface area contributed by atoms with Crippen molar-refractivity contribution in [1.29, 1.82) is 0 Å². The molecule has 4 rings (SSSR count). The van der Waals surface area contributed by atoms with Crippen LogP contribution in [-0.2, 0) is 19.1 Å². The average molecular weight is 486 g/mol. The lowest BCUT2D eigenvalue weighted by molar-refractivity contribution is -0.138. The quantitative estimate of drug-likeness (QED) is 0.392. The van der Waals surface area contributed by atoms with Crippen LogP contribution in [-0.4, -0.2) is 25.7 Å². The summed E-state index contributed by atoms with van der Waals surface area (Å²) in [4.78, 5) is 39.6. The molecule has 1 aliphatic rings. The van der Waals surface area contributed by atoms with Crippen molar-refractivity contribution >= 4 is 22.9 Å². The number of para-hydroxylation sites is 1. The normalized spacial score (nSPS) is 15.5. The van der Waals surface area contributed by atoms with E-state index in [0.717, 1.165) is 5.56 Å². The Balaban J connectivity index is 2.06. The fourth-order valence-electron chi connectivity index (χ4n) is 4.59. The molecule has 0 radical (unpaired) electrons. The average Bonchev–Trinajstić information content (AvgIpc) is 2.88. The Bertz CT molecular complexity index is 1490. The highest BCUT2D eigenvalue weighted by atomic mass is 16.5. The van der Waals surface area contributed by atoms with E-state index in [1.54, 1.807) is 39.0 Å². The summed E-state index contributed by atoms with van der Waals surface area (Å²) in [7, 11) is 1.28. The summed E-state index contributed by atoms with van der Waals surface area (Å²) < 4.78 is 16.9. The molecule has 7 heteroatoms. The number of nitrogens with one attached hydrogen (secondary N) is 1. The van der Waals surface area contributed by atoms with E-state index < -0.39 is 17.9 Å². The number of fused-ring (bicyclic) bond motifs is 1. The molecule has 0 spiro atoms. The van der Waals surface area contributed by atoms with E-state index in [1.165, 1.54) is 13.2 Å². The first-order valence-corrected chi connectivity index (χ1v) is 11.5. The lowest BCUT2D eigenvalue weighted by Gasteiger charge is -2.30. The fraction of sp³-hybridized carbons (Fsp3) is 0.207. The second-order valence-electron chi connectivity index (χ2n) is 8.49. The van der Waals surface area contributed by atoms with Gasteiger partial charge in [0.25, 0.3) is 0 Å². The van der Waals surface area contributed by atoms with Crippen molar-refractivity contribution in [3.8, 4) is 11.3 Å². The first-order valence-electron chi connectivity index (χ1n) is 11.5. The summed E-state index contributed by atoms with van der Waals surface area (Å²) in [6.45, 7) is 8.78. The standard InChI is InChI=1S/C29H27NO6/c1-6-15-35-29(33)23-18(4)30-17(3)22(28(32)34-5)24(23)20-13-10-14-21-25(31)16(2)26(36-27(20)21)19-11-8-7-9-12-19/h6-14,24,30H,1,15H2,2-5H3. The van der Waals surface area contributed by atoms with Gasteiger partial charge in [0.1, 0.15) is 18.0 Å². The molecular weight excluding hydrogens is 458 g/mol. The molecule has 0 aliphatic carbocycles. The molecule has 184 valence electrons. The first-order chi connectivity index (χ1) is 17.3.